The molecule has 0 fully saturated rings. The molecule has 0 aromatic heterocycles. The molecule has 0 saturated heterocycles. The van der Waals surface area contributed by atoms with Crippen molar-refractivity contribution in [1.29, 1.82) is 0 Å². The van der Waals surface area contributed by atoms with Gasteiger partial charge in [-0.2, -0.15) is 13.2 Å². The number of halogens is 4. The van der Waals surface area contributed by atoms with Gasteiger partial charge in [0.2, 0.25) is 0 Å². The molecule has 0 atom stereocenters. The van der Waals surface area contributed by atoms with Gasteiger partial charge >= 0.3 is 18.1 Å². The van der Waals surface area contributed by atoms with E-state index in [1.807, 2.05) is 0 Å². The van der Waals surface area contributed by atoms with Crippen LogP contribution in [0.25, 0.3) is 0 Å². The van der Waals surface area contributed by atoms with Crippen LogP contribution < -0.4 is 4.90 Å². The summed E-state index contributed by atoms with van der Waals surface area (Å²) in [6.07, 6.45) is -5.41. The third kappa shape index (κ3) is 3.78. The van der Waals surface area contributed by atoms with E-state index in [1.54, 1.807) is 0 Å². The molecule has 7 nitrogen and oxygen atoms in total. The molecular formula is C12H10BrF3N2O5. The molecule has 1 amide bonds. The number of hydrogen-bond acceptors (Lipinski definition) is 4. The van der Waals surface area contributed by atoms with E-state index >= 15 is 0 Å². The number of alkyl halides is 3. The van der Waals surface area contributed by atoms with Crippen LogP contribution in [0, 0.1) is 10.1 Å². The highest BCUT2D eigenvalue weighted by Crippen LogP contribution is 2.37. The maximum absolute atomic E-state index is 12.8. The summed E-state index contributed by atoms with van der Waals surface area (Å²) in [5.74, 6) is -4.28. The summed E-state index contributed by atoms with van der Waals surface area (Å²) in [4.78, 5) is 32.9. The average Bonchev–Trinajstić information content (AvgIpc) is 2.38. The van der Waals surface area contributed by atoms with Crippen LogP contribution in [0.2, 0.25) is 0 Å². The van der Waals surface area contributed by atoms with Gasteiger partial charge in [0.15, 0.2) is 0 Å². The lowest BCUT2D eigenvalue weighted by molar-refractivity contribution is -0.384. The molecule has 0 aliphatic rings. The second kappa shape index (κ2) is 6.14. The summed E-state index contributed by atoms with van der Waals surface area (Å²) in [5, 5.41) is 20.2. The van der Waals surface area contributed by atoms with Crippen molar-refractivity contribution in [2.45, 2.75) is 25.6 Å². The van der Waals surface area contributed by atoms with Crippen molar-refractivity contribution in [3.63, 3.8) is 0 Å². The summed E-state index contributed by atoms with van der Waals surface area (Å²) in [5.41, 5.74) is -3.98. The number of nitro groups is 1. The fourth-order valence-corrected chi connectivity index (χ4v) is 2.07. The van der Waals surface area contributed by atoms with Gasteiger partial charge in [-0.3, -0.25) is 19.8 Å². The van der Waals surface area contributed by atoms with Crippen LogP contribution in [-0.4, -0.2) is 33.6 Å². The van der Waals surface area contributed by atoms with Gasteiger partial charge < -0.3 is 5.11 Å². The molecule has 23 heavy (non-hydrogen) atoms. The van der Waals surface area contributed by atoms with Crippen molar-refractivity contribution >= 4 is 39.2 Å². The number of carbonyl (C=O) groups excluding carboxylic acids is 1. The molecule has 1 aromatic rings. The zero-order valence-corrected chi connectivity index (χ0v) is 13.3. The first kappa shape index (κ1) is 18.9. The molecule has 0 spiro atoms. The van der Waals surface area contributed by atoms with Crippen LogP contribution in [0.3, 0.4) is 0 Å². The van der Waals surface area contributed by atoms with E-state index in [0.717, 1.165) is 32.0 Å². The minimum absolute atomic E-state index is 0.139. The van der Waals surface area contributed by atoms with Crippen LogP contribution in [0.1, 0.15) is 13.8 Å². The first-order chi connectivity index (χ1) is 10.3. The molecule has 11 heteroatoms. The van der Waals surface area contributed by atoms with Gasteiger partial charge in [0.05, 0.1) is 4.92 Å². The Morgan fingerprint density at radius 1 is 1.30 bits per heavy atom. The third-order valence-electron chi connectivity index (χ3n) is 2.90. The molecular weight excluding hydrogens is 389 g/mol. The molecule has 0 heterocycles. The van der Waals surface area contributed by atoms with Crippen LogP contribution >= 0.6 is 15.9 Å². The van der Waals surface area contributed by atoms with Crippen molar-refractivity contribution in [2.75, 3.05) is 4.90 Å². The van der Waals surface area contributed by atoms with E-state index in [2.05, 4.69) is 15.9 Å². The molecule has 0 radical (unpaired) electrons. The lowest BCUT2D eigenvalue weighted by Gasteiger charge is -2.35. The topological polar surface area (TPSA) is 101 Å². The van der Waals surface area contributed by atoms with E-state index in [-0.39, 0.29) is 9.37 Å². The van der Waals surface area contributed by atoms with Gasteiger partial charge in [-0.1, -0.05) is 15.9 Å². The van der Waals surface area contributed by atoms with Crippen LogP contribution in [0.15, 0.2) is 22.7 Å². The maximum Gasteiger partial charge on any atom is 0.471 e. The van der Waals surface area contributed by atoms with Gasteiger partial charge in [-0.15, -0.1) is 0 Å². The Kier molecular flexibility index (Phi) is 5.04. The molecule has 0 unspecified atom stereocenters. The lowest BCUT2D eigenvalue weighted by Crippen LogP contribution is -2.57. The van der Waals surface area contributed by atoms with Gasteiger partial charge in [0.1, 0.15) is 11.2 Å². The maximum atomic E-state index is 12.8. The normalized spacial score (nSPS) is 11.9. The minimum Gasteiger partial charge on any atom is -0.480 e. The predicted molar refractivity (Wildman–Crippen MR) is 76.1 cm³/mol. The standard InChI is InChI=1S/C12H10BrF3N2O5/c1-11(2,10(20)21)17(9(19)12(14,15)16)7-4-3-6(13)5-8(7)18(22)23/h3-5H,1-2H3,(H,20,21). The first-order valence-corrected chi connectivity index (χ1v) is 6.68. The second-order valence-corrected chi connectivity index (χ2v) is 5.81. The number of carboxylic acids is 1. The molecule has 1 aromatic carbocycles. The highest BCUT2D eigenvalue weighted by Gasteiger charge is 2.52. The van der Waals surface area contributed by atoms with Crippen LogP contribution in [0.5, 0.6) is 0 Å². The molecule has 1 N–H and O–H groups in total. The van der Waals surface area contributed by atoms with E-state index in [0.29, 0.717) is 0 Å². The Labute approximate surface area is 136 Å². The summed E-state index contributed by atoms with van der Waals surface area (Å²) >= 11 is 2.92. The van der Waals surface area contributed by atoms with Crippen molar-refractivity contribution in [2.24, 2.45) is 0 Å². The zero-order chi connectivity index (χ0) is 18.2. The van der Waals surface area contributed by atoms with Gasteiger partial charge in [0.25, 0.3) is 5.69 Å². The van der Waals surface area contributed by atoms with Crippen molar-refractivity contribution in [3.8, 4) is 0 Å². The summed E-state index contributed by atoms with van der Waals surface area (Å²) in [6, 6.07) is 2.91. The van der Waals surface area contributed by atoms with E-state index in [1.165, 1.54) is 0 Å². The van der Waals surface area contributed by atoms with E-state index in [9.17, 15) is 32.9 Å². The van der Waals surface area contributed by atoms with Crippen LogP contribution in [0.4, 0.5) is 24.5 Å². The van der Waals surface area contributed by atoms with Crippen molar-refractivity contribution < 1.29 is 32.8 Å². The van der Waals surface area contributed by atoms with Gasteiger partial charge in [-0.05, 0) is 26.0 Å². The number of nitrogens with zero attached hydrogens (tertiary/aromatic N) is 2. The van der Waals surface area contributed by atoms with Crippen molar-refractivity contribution in [3.05, 3.63) is 32.8 Å². The number of carboxylic acid groups (broad SMARTS) is 1. The monoisotopic (exact) mass is 398 g/mol. The number of benzene rings is 1. The average molecular weight is 399 g/mol. The molecule has 0 bridgehead atoms. The van der Waals surface area contributed by atoms with Crippen LogP contribution in [-0.2, 0) is 9.59 Å². The number of anilines is 1. The highest BCUT2D eigenvalue weighted by atomic mass is 79.9. The number of carbonyl (C=O) groups is 2. The number of hydrogen-bond donors (Lipinski definition) is 1. The molecule has 0 aliphatic heterocycles. The Hall–Kier alpha value is -2.17. The van der Waals surface area contributed by atoms with Crippen molar-refractivity contribution in [1.82, 2.24) is 0 Å². The number of aliphatic carboxylic acids is 1. The van der Waals surface area contributed by atoms with Gasteiger partial charge in [-0.25, -0.2) is 4.79 Å². The molecule has 0 aliphatic carbocycles. The Morgan fingerprint density at radius 2 is 1.83 bits per heavy atom. The number of rotatable bonds is 4. The number of nitro benzene ring substituents is 1. The largest absolute Gasteiger partial charge is 0.480 e. The Bertz CT molecular complexity index is 675. The zero-order valence-electron chi connectivity index (χ0n) is 11.7. The summed E-state index contributed by atoms with van der Waals surface area (Å²) in [6.45, 7) is 1.68. The fraction of sp³-hybridized carbons (Fsp3) is 0.333. The molecule has 0 saturated carbocycles. The first-order valence-electron chi connectivity index (χ1n) is 5.89. The Morgan fingerprint density at radius 3 is 2.22 bits per heavy atom. The molecule has 1 rings (SSSR count). The fourth-order valence-electron chi connectivity index (χ4n) is 1.72. The Balaban J connectivity index is 3.70. The summed E-state index contributed by atoms with van der Waals surface area (Å²) < 4.78 is 38.7. The highest BCUT2D eigenvalue weighted by molar-refractivity contribution is 9.10. The predicted octanol–water partition coefficient (Wildman–Crippen LogP) is 3.12. The number of amides is 1. The lowest BCUT2D eigenvalue weighted by atomic mass is 10.0. The summed E-state index contributed by atoms with van der Waals surface area (Å²) in [7, 11) is 0. The SMILES string of the molecule is CC(C)(C(=O)O)N(C(=O)C(F)(F)F)c1ccc(Br)cc1[N+](=O)[O-]. The smallest absolute Gasteiger partial charge is 0.471 e. The molecule has 126 valence electrons. The van der Waals surface area contributed by atoms with E-state index < -0.39 is 39.9 Å². The minimum atomic E-state index is -5.41. The quantitative estimate of drug-likeness (QED) is 0.620. The third-order valence-corrected chi connectivity index (χ3v) is 3.40. The van der Waals surface area contributed by atoms with Gasteiger partial charge in [0, 0.05) is 10.5 Å². The second-order valence-electron chi connectivity index (χ2n) is 4.89. The van der Waals surface area contributed by atoms with E-state index in [4.69, 9.17) is 5.11 Å².